The summed E-state index contributed by atoms with van der Waals surface area (Å²) < 4.78 is 9.86. The Kier molecular flexibility index (Phi) is 8.43. The van der Waals surface area contributed by atoms with Gasteiger partial charge in [0.05, 0.1) is 6.61 Å². The molecule has 1 aromatic rings. The van der Waals surface area contributed by atoms with Gasteiger partial charge in [0.15, 0.2) is 0 Å². The molecular formula is C19H27N3O6. The molecule has 1 rings (SSSR count). The normalized spacial score (nSPS) is 11.8. The zero-order chi connectivity index (χ0) is 21.3. The van der Waals surface area contributed by atoms with E-state index in [0.717, 1.165) is 10.5 Å². The summed E-state index contributed by atoms with van der Waals surface area (Å²) in [5.41, 5.74) is 4.20. The Morgan fingerprint density at radius 3 is 2.21 bits per heavy atom. The third-order valence-corrected chi connectivity index (χ3v) is 3.48. The third-order valence-electron chi connectivity index (χ3n) is 3.48. The van der Waals surface area contributed by atoms with Gasteiger partial charge >= 0.3 is 18.0 Å². The smallest absolute Gasteiger partial charge is 0.410 e. The van der Waals surface area contributed by atoms with Crippen LogP contribution in [0.1, 0.15) is 33.3 Å². The van der Waals surface area contributed by atoms with Gasteiger partial charge in [0.25, 0.3) is 5.91 Å². The van der Waals surface area contributed by atoms with E-state index in [0.29, 0.717) is 0 Å². The van der Waals surface area contributed by atoms with Crippen molar-refractivity contribution in [1.82, 2.24) is 15.8 Å². The van der Waals surface area contributed by atoms with E-state index in [-0.39, 0.29) is 13.0 Å². The zero-order valence-corrected chi connectivity index (χ0v) is 16.8. The van der Waals surface area contributed by atoms with Crippen molar-refractivity contribution in [2.45, 2.75) is 45.8 Å². The molecule has 9 heteroatoms. The second-order valence-electron chi connectivity index (χ2n) is 6.96. The monoisotopic (exact) mass is 393 g/mol. The minimum Gasteiger partial charge on any atom is -0.459 e. The molecule has 0 aliphatic heterocycles. The average Bonchev–Trinajstić information content (AvgIpc) is 2.63. The maximum Gasteiger partial charge on any atom is 0.410 e. The first-order valence-electron chi connectivity index (χ1n) is 8.81. The predicted octanol–water partition coefficient (Wildman–Crippen LogP) is 1.18. The number of amides is 3. The van der Waals surface area contributed by atoms with Crippen molar-refractivity contribution in [1.29, 1.82) is 0 Å². The highest BCUT2D eigenvalue weighted by Gasteiger charge is 2.31. The van der Waals surface area contributed by atoms with Crippen LogP contribution >= 0.6 is 0 Å². The molecule has 0 saturated carbocycles. The van der Waals surface area contributed by atoms with Gasteiger partial charge in [-0.15, -0.1) is 0 Å². The van der Waals surface area contributed by atoms with Gasteiger partial charge in [-0.05, 0) is 33.3 Å². The first-order chi connectivity index (χ1) is 13.0. The van der Waals surface area contributed by atoms with E-state index in [1.54, 1.807) is 52.0 Å². The molecule has 1 aromatic carbocycles. The highest BCUT2D eigenvalue weighted by Crippen LogP contribution is 2.14. The quantitative estimate of drug-likeness (QED) is 0.441. The van der Waals surface area contributed by atoms with Crippen LogP contribution in [0.5, 0.6) is 0 Å². The molecule has 1 atom stereocenters. The molecule has 2 N–H and O–H groups in total. The number of carbonyl (C=O) groups excluding carboxylic acids is 4. The molecule has 0 heterocycles. The number of carbonyl (C=O) groups is 4. The van der Waals surface area contributed by atoms with Crippen molar-refractivity contribution < 1.29 is 28.7 Å². The largest absolute Gasteiger partial charge is 0.459 e. The second-order valence-corrected chi connectivity index (χ2v) is 6.96. The number of hydrazine groups is 1. The van der Waals surface area contributed by atoms with Crippen LogP contribution in [0.3, 0.4) is 0 Å². The first kappa shape index (κ1) is 22.9. The van der Waals surface area contributed by atoms with Gasteiger partial charge in [0, 0.05) is 13.5 Å². The number of hydrogen-bond donors (Lipinski definition) is 2. The van der Waals surface area contributed by atoms with Gasteiger partial charge in [-0.2, -0.15) is 0 Å². The van der Waals surface area contributed by atoms with Crippen molar-refractivity contribution >= 4 is 23.9 Å². The van der Waals surface area contributed by atoms with Crippen LogP contribution < -0.4 is 10.9 Å². The molecule has 154 valence electrons. The average molecular weight is 393 g/mol. The molecule has 0 bridgehead atoms. The summed E-state index contributed by atoms with van der Waals surface area (Å²) in [6, 6.07) is 8.07. The molecule has 28 heavy (non-hydrogen) atoms. The lowest BCUT2D eigenvalue weighted by Crippen LogP contribution is -2.55. The van der Waals surface area contributed by atoms with Crippen LogP contribution in [0.4, 0.5) is 4.79 Å². The Labute approximate surface area is 164 Å². The van der Waals surface area contributed by atoms with Gasteiger partial charge in [-0.25, -0.2) is 9.59 Å². The van der Waals surface area contributed by atoms with Crippen LogP contribution in [-0.2, 0) is 30.3 Å². The Balaban J connectivity index is 2.90. The van der Waals surface area contributed by atoms with Crippen LogP contribution in [0.15, 0.2) is 30.3 Å². The standard InChI is InChI=1S/C19H27N3O6/c1-6-27-17(25)16(24)21-20-15(23)14(12-13-10-8-7-9-11-13)22(5)18(26)28-19(2,3)4/h7-11,14H,6,12H2,1-5H3,(H,20,23)(H,21,24)/t14-/m1/s1. The highest BCUT2D eigenvalue weighted by atomic mass is 16.6. The maximum atomic E-state index is 12.6. The van der Waals surface area contributed by atoms with Crippen molar-refractivity contribution in [3.8, 4) is 0 Å². The fraction of sp³-hybridized carbons (Fsp3) is 0.474. The molecule has 0 unspecified atom stereocenters. The molecule has 0 fully saturated rings. The molecule has 0 aliphatic rings. The number of likely N-dealkylation sites (N-methyl/N-ethyl adjacent to an activating group) is 1. The second kappa shape index (κ2) is 10.3. The van der Waals surface area contributed by atoms with E-state index in [2.05, 4.69) is 10.2 Å². The number of esters is 1. The van der Waals surface area contributed by atoms with Crippen molar-refractivity contribution in [3.63, 3.8) is 0 Å². The maximum absolute atomic E-state index is 12.6. The van der Waals surface area contributed by atoms with Crippen LogP contribution in [0.2, 0.25) is 0 Å². The SMILES string of the molecule is CCOC(=O)C(=O)NNC(=O)[C@@H](Cc1ccccc1)N(C)C(=O)OC(C)(C)C. The topological polar surface area (TPSA) is 114 Å². The van der Waals surface area contributed by atoms with E-state index in [9.17, 15) is 19.2 Å². The van der Waals surface area contributed by atoms with E-state index in [1.165, 1.54) is 7.05 Å². The molecular weight excluding hydrogens is 366 g/mol. The summed E-state index contributed by atoms with van der Waals surface area (Å²) >= 11 is 0. The number of ether oxygens (including phenoxy) is 2. The number of rotatable bonds is 5. The Morgan fingerprint density at radius 1 is 1.07 bits per heavy atom. The van der Waals surface area contributed by atoms with Gasteiger partial charge in [0.1, 0.15) is 11.6 Å². The number of nitrogens with zero attached hydrogens (tertiary/aromatic N) is 1. The highest BCUT2D eigenvalue weighted by molar-refractivity contribution is 6.32. The Bertz CT molecular complexity index is 699. The summed E-state index contributed by atoms with van der Waals surface area (Å²) in [5, 5.41) is 0. The van der Waals surface area contributed by atoms with Crippen molar-refractivity contribution in [3.05, 3.63) is 35.9 Å². The van der Waals surface area contributed by atoms with Crippen molar-refractivity contribution in [2.24, 2.45) is 0 Å². The molecule has 3 amide bonds. The summed E-state index contributed by atoms with van der Waals surface area (Å²) in [6.45, 7) is 6.72. The summed E-state index contributed by atoms with van der Waals surface area (Å²) in [5.74, 6) is -2.92. The Hall–Kier alpha value is -3.10. The summed E-state index contributed by atoms with van der Waals surface area (Å²) in [7, 11) is 1.43. The summed E-state index contributed by atoms with van der Waals surface area (Å²) in [4.78, 5) is 49.1. The van der Waals surface area contributed by atoms with Gasteiger partial charge in [-0.1, -0.05) is 30.3 Å². The van der Waals surface area contributed by atoms with Crippen molar-refractivity contribution in [2.75, 3.05) is 13.7 Å². The number of nitrogens with one attached hydrogen (secondary N) is 2. The lowest BCUT2D eigenvalue weighted by atomic mass is 10.0. The summed E-state index contributed by atoms with van der Waals surface area (Å²) in [6.07, 6.45) is -0.516. The fourth-order valence-corrected chi connectivity index (χ4v) is 2.15. The number of benzene rings is 1. The van der Waals surface area contributed by atoms with Crippen LogP contribution in [0, 0.1) is 0 Å². The molecule has 0 spiro atoms. The lowest BCUT2D eigenvalue weighted by molar-refractivity contribution is -0.155. The molecule has 0 saturated heterocycles. The lowest BCUT2D eigenvalue weighted by Gasteiger charge is -2.30. The Morgan fingerprint density at radius 2 is 1.68 bits per heavy atom. The minimum atomic E-state index is -1.12. The van der Waals surface area contributed by atoms with E-state index >= 15 is 0 Å². The van der Waals surface area contributed by atoms with Gasteiger partial charge in [-0.3, -0.25) is 25.3 Å². The van der Waals surface area contributed by atoms with Crippen LogP contribution in [0.25, 0.3) is 0 Å². The van der Waals surface area contributed by atoms with E-state index in [4.69, 9.17) is 4.74 Å². The van der Waals surface area contributed by atoms with Crippen LogP contribution in [-0.4, -0.2) is 54.1 Å². The third kappa shape index (κ3) is 7.65. The molecule has 0 aliphatic carbocycles. The van der Waals surface area contributed by atoms with Gasteiger partial charge in [0.2, 0.25) is 0 Å². The van der Waals surface area contributed by atoms with E-state index < -0.39 is 35.5 Å². The van der Waals surface area contributed by atoms with E-state index in [1.807, 2.05) is 11.5 Å². The van der Waals surface area contributed by atoms with Gasteiger partial charge < -0.3 is 9.47 Å². The molecule has 0 aromatic heterocycles. The fourth-order valence-electron chi connectivity index (χ4n) is 2.15. The minimum absolute atomic E-state index is 0.0260. The predicted molar refractivity (Wildman–Crippen MR) is 101 cm³/mol. The molecule has 0 radical (unpaired) electrons. The number of hydrogen-bond acceptors (Lipinski definition) is 6. The zero-order valence-electron chi connectivity index (χ0n) is 16.8. The molecule has 9 nitrogen and oxygen atoms in total. The first-order valence-corrected chi connectivity index (χ1v) is 8.81.